The molecule has 0 aromatic heterocycles. The van der Waals surface area contributed by atoms with Crippen LogP contribution in [0.3, 0.4) is 0 Å². The third-order valence-electron chi connectivity index (χ3n) is 1.76. The number of rotatable bonds is 0. The van der Waals surface area contributed by atoms with Gasteiger partial charge in [-0.3, -0.25) is 4.79 Å². The number of aliphatic hydroxyl groups excluding tert-OH is 1. The Hall–Kier alpha value is -1.32. The summed E-state index contributed by atoms with van der Waals surface area (Å²) in [6.45, 7) is 4.89. The molecule has 13 heavy (non-hydrogen) atoms. The molecular weight excluding hydrogens is 172 g/mol. The van der Waals surface area contributed by atoms with E-state index in [0.29, 0.717) is 0 Å². The molecule has 0 saturated carbocycles. The van der Waals surface area contributed by atoms with E-state index in [0.717, 1.165) is 0 Å². The maximum absolute atomic E-state index is 11.1. The van der Waals surface area contributed by atoms with Crippen LogP contribution < -0.4 is 0 Å². The maximum atomic E-state index is 11.1. The van der Waals surface area contributed by atoms with Crippen molar-refractivity contribution in [3.8, 4) is 0 Å². The van der Waals surface area contributed by atoms with E-state index in [4.69, 9.17) is 0 Å². The lowest BCUT2D eigenvalue weighted by atomic mass is 9.90. The number of Topliss-reactive ketones (excluding diaryl/α,β-unsaturated/α-hetero) is 1. The standard InChI is InChI=1S/C9H12O4/c1-9(2,3)7(11)6-5(10)4-13-8(6)12/h11H,4H2,1-3H3/b7-6+. The largest absolute Gasteiger partial charge is 0.511 e. The molecule has 0 aromatic carbocycles. The summed E-state index contributed by atoms with van der Waals surface area (Å²) < 4.78 is 4.49. The van der Waals surface area contributed by atoms with Crippen LogP contribution in [0.1, 0.15) is 20.8 Å². The summed E-state index contributed by atoms with van der Waals surface area (Å²) in [4.78, 5) is 22.1. The van der Waals surface area contributed by atoms with E-state index in [9.17, 15) is 14.7 Å². The zero-order valence-corrected chi connectivity index (χ0v) is 7.88. The van der Waals surface area contributed by atoms with E-state index in [2.05, 4.69) is 4.74 Å². The van der Waals surface area contributed by atoms with E-state index in [1.165, 1.54) is 0 Å². The van der Waals surface area contributed by atoms with E-state index >= 15 is 0 Å². The quantitative estimate of drug-likeness (QED) is 0.264. The Labute approximate surface area is 76.2 Å². The molecule has 0 amide bonds. The Morgan fingerprint density at radius 3 is 2.23 bits per heavy atom. The summed E-state index contributed by atoms with van der Waals surface area (Å²) in [5, 5.41) is 9.58. The zero-order chi connectivity index (χ0) is 10.2. The van der Waals surface area contributed by atoms with Crippen LogP contribution in [0.25, 0.3) is 0 Å². The molecule has 1 aliphatic rings. The molecule has 0 radical (unpaired) electrons. The zero-order valence-electron chi connectivity index (χ0n) is 7.88. The van der Waals surface area contributed by atoms with Crippen LogP contribution >= 0.6 is 0 Å². The number of cyclic esters (lactones) is 1. The second-order valence-corrected chi connectivity index (χ2v) is 3.97. The van der Waals surface area contributed by atoms with Crippen LogP contribution in [0.15, 0.2) is 11.3 Å². The molecule has 0 atom stereocenters. The second kappa shape index (κ2) is 2.87. The summed E-state index contributed by atoms with van der Waals surface area (Å²) >= 11 is 0. The lowest BCUT2D eigenvalue weighted by Crippen LogP contribution is -2.16. The highest BCUT2D eigenvalue weighted by molar-refractivity contribution is 6.22. The molecule has 4 nitrogen and oxygen atoms in total. The maximum Gasteiger partial charge on any atom is 0.345 e. The summed E-state index contributed by atoms with van der Waals surface area (Å²) in [5.74, 6) is -1.37. The SMILES string of the molecule is CC(C)(C)/C(O)=C1/C(=O)COC1=O. The number of ketones is 1. The van der Waals surface area contributed by atoms with Gasteiger partial charge in [-0.25, -0.2) is 4.79 Å². The monoisotopic (exact) mass is 184 g/mol. The summed E-state index contributed by atoms with van der Waals surface area (Å²) in [5.41, 5.74) is -0.804. The van der Waals surface area contributed by atoms with E-state index in [1.807, 2.05) is 0 Å². The van der Waals surface area contributed by atoms with Gasteiger partial charge >= 0.3 is 5.97 Å². The molecular formula is C9H12O4. The predicted octanol–water partition coefficient (Wildman–Crippen LogP) is 0.971. The Morgan fingerprint density at radius 1 is 1.38 bits per heavy atom. The first kappa shape index (κ1) is 9.77. The number of ether oxygens (including phenoxy) is 1. The Bertz CT molecular complexity index is 275. The minimum absolute atomic E-state index is 0.194. The van der Waals surface area contributed by atoms with Crippen molar-refractivity contribution in [1.29, 1.82) is 0 Å². The van der Waals surface area contributed by atoms with Crippen LogP contribution in [0.2, 0.25) is 0 Å². The highest BCUT2D eigenvalue weighted by atomic mass is 16.5. The van der Waals surface area contributed by atoms with Crippen LogP contribution in [0.5, 0.6) is 0 Å². The smallest absolute Gasteiger partial charge is 0.345 e. The van der Waals surface area contributed by atoms with Crippen LogP contribution in [-0.4, -0.2) is 23.5 Å². The number of esters is 1. The molecule has 0 bridgehead atoms. The molecule has 0 aromatic rings. The van der Waals surface area contributed by atoms with E-state index < -0.39 is 17.2 Å². The van der Waals surface area contributed by atoms with E-state index in [-0.39, 0.29) is 17.9 Å². The van der Waals surface area contributed by atoms with Gasteiger partial charge in [-0.05, 0) is 0 Å². The van der Waals surface area contributed by atoms with Gasteiger partial charge in [0.2, 0.25) is 5.78 Å². The number of hydrogen-bond acceptors (Lipinski definition) is 4. The van der Waals surface area contributed by atoms with Crippen molar-refractivity contribution in [1.82, 2.24) is 0 Å². The van der Waals surface area contributed by atoms with Crippen molar-refractivity contribution in [2.24, 2.45) is 5.41 Å². The number of hydrogen-bond donors (Lipinski definition) is 1. The van der Waals surface area contributed by atoms with Crippen LogP contribution in [0, 0.1) is 5.41 Å². The molecule has 0 spiro atoms. The van der Waals surface area contributed by atoms with Gasteiger partial charge in [-0.1, -0.05) is 20.8 Å². The molecule has 1 fully saturated rings. The molecule has 1 rings (SSSR count). The fraction of sp³-hybridized carbons (Fsp3) is 0.556. The van der Waals surface area contributed by atoms with Gasteiger partial charge < -0.3 is 9.84 Å². The molecule has 72 valence electrons. The summed E-state index contributed by atoms with van der Waals surface area (Å²) in [6, 6.07) is 0. The summed E-state index contributed by atoms with van der Waals surface area (Å²) in [6.07, 6.45) is 0. The third-order valence-corrected chi connectivity index (χ3v) is 1.76. The molecule has 1 N–H and O–H groups in total. The number of allylic oxidation sites excluding steroid dienone is 1. The van der Waals surface area contributed by atoms with Gasteiger partial charge in [0, 0.05) is 5.41 Å². The van der Waals surface area contributed by atoms with Crippen molar-refractivity contribution in [3.05, 3.63) is 11.3 Å². The Morgan fingerprint density at radius 2 is 1.92 bits per heavy atom. The first-order valence-electron chi connectivity index (χ1n) is 3.98. The van der Waals surface area contributed by atoms with Gasteiger partial charge in [0.1, 0.15) is 11.3 Å². The fourth-order valence-electron chi connectivity index (χ4n) is 0.993. The van der Waals surface area contributed by atoms with Gasteiger partial charge in [0.05, 0.1) is 0 Å². The van der Waals surface area contributed by atoms with Crippen molar-refractivity contribution in [2.75, 3.05) is 6.61 Å². The highest BCUT2D eigenvalue weighted by Crippen LogP contribution is 2.28. The van der Waals surface area contributed by atoms with E-state index in [1.54, 1.807) is 20.8 Å². The summed E-state index contributed by atoms with van der Waals surface area (Å²) in [7, 11) is 0. The second-order valence-electron chi connectivity index (χ2n) is 3.97. The van der Waals surface area contributed by atoms with Crippen molar-refractivity contribution in [3.63, 3.8) is 0 Å². The number of aliphatic hydroxyl groups is 1. The fourth-order valence-corrected chi connectivity index (χ4v) is 0.993. The van der Waals surface area contributed by atoms with Gasteiger partial charge in [-0.2, -0.15) is 0 Å². The molecule has 4 heteroatoms. The molecule has 1 saturated heterocycles. The topological polar surface area (TPSA) is 63.6 Å². The van der Waals surface area contributed by atoms with Crippen LogP contribution in [0.4, 0.5) is 0 Å². The highest BCUT2D eigenvalue weighted by Gasteiger charge is 2.35. The van der Waals surface area contributed by atoms with Gasteiger partial charge in [0.15, 0.2) is 6.61 Å². The average Bonchev–Trinajstić information content (AvgIpc) is 2.28. The Balaban J connectivity index is 3.17. The lowest BCUT2D eigenvalue weighted by molar-refractivity contribution is -0.135. The van der Waals surface area contributed by atoms with Crippen molar-refractivity contribution >= 4 is 11.8 Å². The molecule has 1 heterocycles. The average molecular weight is 184 g/mol. The van der Waals surface area contributed by atoms with Gasteiger partial charge in [0.25, 0.3) is 0 Å². The van der Waals surface area contributed by atoms with Crippen molar-refractivity contribution < 1.29 is 19.4 Å². The van der Waals surface area contributed by atoms with Crippen LogP contribution in [-0.2, 0) is 14.3 Å². The first-order chi connectivity index (χ1) is 5.84. The van der Waals surface area contributed by atoms with Crippen molar-refractivity contribution in [2.45, 2.75) is 20.8 Å². The molecule has 0 unspecified atom stereocenters. The lowest BCUT2D eigenvalue weighted by Gasteiger charge is -2.17. The normalized spacial score (nSPS) is 21.8. The number of carbonyl (C=O) groups is 2. The first-order valence-corrected chi connectivity index (χ1v) is 3.98. The molecule has 0 aliphatic carbocycles. The Kier molecular flexibility index (Phi) is 2.15. The number of carbonyl (C=O) groups excluding carboxylic acids is 2. The van der Waals surface area contributed by atoms with Gasteiger partial charge in [-0.15, -0.1) is 0 Å². The minimum atomic E-state index is -0.725. The molecule has 1 aliphatic heterocycles. The predicted molar refractivity (Wildman–Crippen MR) is 45.1 cm³/mol. The third kappa shape index (κ3) is 1.71. The minimum Gasteiger partial charge on any atom is -0.511 e.